The third kappa shape index (κ3) is 3.21. The van der Waals surface area contributed by atoms with Crippen molar-refractivity contribution in [2.24, 2.45) is 17.8 Å². The van der Waals surface area contributed by atoms with Crippen molar-refractivity contribution < 1.29 is 5.11 Å². The lowest BCUT2D eigenvalue weighted by atomic mass is 9.80. The lowest BCUT2D eigenvalue weighted by molar-refractivity contribution is 0.0244. The number of likely N-dealkylation sites (tertiary alicyclic amines) is 1. The summed E-state index contributed by atoms with van der Waals surface area (Å²) < 4.78 is 0. The molecule has 94 valence electrons. The first kappa shape index (κ1) is 12.4. The SMILES string of the molecule is CC1CCN(CC2CC(C)CCC2O)CC1. The van der Waals surface area contributed by atoms with Gasteiger partial charge in [0.05, 0.1) is 6.10 Å². The predicted octanol–water partition coefficient (Wildman–Crippen LogP) is 2.52. The molecule has 3 unspecified atom stereocenters. The smallest absolute Gasteiger partial charge is 0.0580 e. The van der Waals surface area contributed by atoms with Crippen LogP contribution in [0.1, 0.15) is 46.0 Å². The maximum absolute atomic E-state index is 10.0. The Hall–Kier alpha value is -0.0800. The molecule has 0 spiro atoms. The zero-order chi connectivity index (χ0) is 11.5. The first-order valence-electron chi connectivity index (χ1n) is 7.05. The Labute approximate surface area is 100 Å². The highest BCUT2D eigenvalue weighted by Crippen LogP contribution is 2.30. The molecule has 2 heteroatoms. The standard InChI is InChI=1S/C14H27NO/c1-11-5-7-15(8-6-11)10-13-9-12(2)3-4-14(13)16/h11-14,16H,3-10H2,1-2H3. The minimum atomic E-state index is -0.0319. The Morgan fingerprint density at radius 3 is 2.38 bits per heavy atom. The summed E-state index contributed by atoms with van der Waals surface area (Å²) in [6.45, 7) is 8.32. The third-order valence-electron chi connectivity index (χ3n) is 4.57. The van der Waals surface area contributed by atoms with Gasteiger partial charge in [-0.05, 0) is 62.9 Å². The lowest BCUT2D eigenvalue weighted by Gasteiger charge is -2.38. The minimum Gasteiger partial charge on any atom is -0.393 e. The highest BCUT2D eigenvalue weighted by molar-refractivity contribution is 4.82. The first-order valence-corrected chi connectivity index (χ1v) is 7.05. The largest absolute Gasteiger partial charge is 0.393 e. The molecule has 3 atom stereocenters. The molecule has 2 aliphatic rings. The number of rotatable bonds is 2. The number of nitrogens with zero attached hydrogens (tertiary/aromatic N) is 1. The summed E-state index contributed by atoms with van der Waals surface area (Å²) in [5.41, 5.74) is 0. The fourth-order valence-corrected chi connectivity index (χ4v) is 3.26. The molecule has 1 saturated heterocycles. The van der Waals surface area contributed by atoms with Gasteiger partial charge in [-0.25, -0.2) is 0 Å². The normalized spacial score (nSPS) is 38.8. The van der Waals surface area contributed by atoms with Gasteiger partial charge in [0.25, 0.3) is 0 Å². The van der Waals surface area contributed by atoms with Crippen molar-refractivity contribution in [1.82, 2.24) is 4.90 Å². The van der Waals surface area contributed by atoms with E-state index in [2.05, 4.69) is 18.7 Å². The number of aliphatic hydroxyl groups excluding tert-OH is 1. The molecule has 2 fully saturated rings. The fraction of sp³-hybridized carbons (Fsp3) is 1.00. The second-order valence-corrected chi connectivity index (χ2v) is 6.23. The minimum absolute atomic E-state index is 0.0319. The average Bonchev–Trinajstić information content (AvgIpc) is 2.27. The van der Waals surface area contributed by atoms with Crippen molar-refractivity contribution in [2.45, 2.75) is 52.1 Å². The van der Waals surface area contributed by atoms with Gasteiger partial charge in [-0.15, -0.1) is 0 Å². The van der Waals surface area contributed by atoms with E-state index in [0.29, 0.717) is 5.92 Å². The monoisotopic (exact) mass is 225 g/mol. The van der Waals surface area contributed by atoms with E-state index >= 15 is 0 Å². The molecule has 2 nitrogen and oxygen atoms in total. The van der Waals surface area contributed by atoms with Crippen LogP contribution in [-0.2, 0) is 0 Å². The van der Waals surface area contributed by atoms with Gasteiger partial charge >= 0.3 is 0 Å². The summed E-state index contributed by atoms with van der Waals surface area (Å²) in [5.74, 6) is 2.26. The van der Waals surface area contributed by atoms with Gasteiger partial charge in [-0.1, -0.05) is 13.8 Å². The Morgan fingerprint density at radius 2 is 1.69 bits per heavy atom. The number of aliphatic hydroxyl groups is 1. The molecule has 0 amide bonds. The van der Waals surface area contributed by atoms with Gasteiger partial charge in [0, 0.05) is 6.54 Å². The summed E-state index contributed by atoms with van der Waals surface area (Å²) in [7, 11) is 0. The molecule has 0 radical (unpaired) electrons. The Balaban J connectivity index is 1.79. The molecule has 1 N–H and O–H groups in total. The summed E-state index contributed by atoms with van der Waals surface area (Å²) >= 11 is 0. The van der Waals surface area contributed by atoms with E-state index in [1.807, 2.05) is 0 Å². The lowest BCUT2D eigenvalue weighted by Crippen LogP contribution is -2.41. The molecular weight excluding hydrogens is 198 g/mol. The fourth-order valence-electron chi connectivity index (χ4n) is 3.26. The van der Waals surface area contributed by atoms with Crippen LogP contribution in [0.2, 0.25) is 0 Å². The van der Waals surface area contributed by atoms with Crippen molar-refractivity contribution in [3.63, 3.8) is 0 Å². The second kappa shape index (κ2) is 5.50. The van der Waals surface area contributed by atoms with E-state index in [9.17, 15) is 5.11 Å². The van der Waals surface area contributed by atoms with Gasteiger partial charge in [0.1, 0.15) is 0 Å². The zero-order valence-electron chi connectivity index (χ0n) is 10.9. The van der Waals surface area contributed by atoms with Crippen molar-refractivity contribution in [2.75, 3.05) is 19.6 Å². The van der Waals surface area contributed by atoms with E-state index < -0.39 is 0 Å². The van der Waals surface area contributed by atoms with Crippen molar-refractivity contribution in [1.29, 1.82) is 0 Å². The molecule has 1 heterocycles. The molecule has 0 aromatic carbocycles. The second-order valence-electron chi connectivity index (χ2n) is 6.23. The van der Waals surface area contributed by atoms with E-state index in [0.717, 1.165) is 24.8 Å². The third-order valence-corrected chi connectivity index (χ3v) is 4.57. The van der Waals surface area contributed by atoms with Gasteiger partial charge in [-0.3, -0.25) is 0 Å². The Morgan fingerprint density at radius 1 is 1.00 bits per heavy atom. The maximum atomic E-state index is 10.0. The first-order chi connectivity index (χ1) is 7.65. The van der Waals surface area contributed by atoms with Crippen LogP contribution >= 0.6 is 0 Å². The van der Waals surface area contributed by atoms with E-state index in [4.69, 9.17) is 0 Å². The summed E-state index contributed by atoms with van der Waals surface area (Å²) in [6.07, 6.45) is 6.13. The molecule has 2 rings (SSSR count). The van der Waals surface area contributed by atoms with Crippen LogP contribution in [0.3, 0.4) is 0 Å². The van der Waals surface area contributed by atoms with Crippen LogP contribution in [0.25, 0.3) is 0 Å². The van der Waals surface area contributed by atoms with E-state index in [-0.39, 0.29) is 6.10 Å². The van der Waals surface area contributed by atoms with Gasteiger partial charge < -0.3 is 10.0 Å². The molecular formula is C14H27NO. The number of piperidine rings is 1. The predicted molar refractivity (Wildman–Crippen MR) is 67.3 cm³/mol. The van der Waals surface area contributed by atoms with Crippen LogP contribution in [0.15, 0.2) is 0 Å². The quantitative estimate of drug-likeness (QED) is 0.780. The number of hydrogen-bond acceptors (Lipinski definition) is 2. The Bertz CT molecular complexity index is 211. The zero-order valence-corrected chi connectivity index (χ0v) is 10.9. The maximum Gasteiger partial charge on any atom is 0.0580 e. The molecule has 1 aliphatic heterocycles. The van der Waals surface area contributed by atoms with E-state index in [1.165, 1.54) is 38.8 Å². The topological polar surface area (TPSA) is 23.5 Å². The molecule has 1 saturated carbocycles. The molecule has 0 aromatic rings. The summed E-state index contributed by atoms with van der Waals surface area (Å²) in [4.78, 5) is 2.58. The number of hydrogen-bond donors (Lipinski definition) is 1. The average molecular weight is 225 g/mol. The highest BCUT2D eigenvalue weighted by Gasteiger charge is 2.29. The van der Waals surface area contributed by atoms with E-state index in [1.54, 1.807) is 0 Å². The highest BCUT2D eigenvalue weighted by atomic mass is 16.3. The van der Waals surface area contributed by atoms with Crippen molar-refractivity contribution in [3.8, 4) is 0 Å². The van der Waals surface area contributed by atoms with Crippen LogP contribution < -0.4 is 0 Å². The summed E-state index contributed by atoms with van der Waals surface area (Å²) in [5, 5.41) is 10.0. The summed E-state index contributed by atoms with van der Waals surface area (Å²) in [6, 6.07) is 0. The van der Waals surface area contributed by atoms with Crippen molar-refractivity contribution >= 4 is 0 Å². The van der Waals surface area contributed by atoms with Gasteiger partial charge in [0.15, 0.2) is 0 Å². The van der Waals surface area contributed by atoms with Crippen LogP contribution in [0.5, 0.6) is 0 Å². The Kier molecular flexibility index (Phi) is 4.26. The van der Waals surface area contributed by atoms with Crippen LogP contribution in [0.4, 0.5) is 0 Å². The molecule has 0 bridgehead atoms. The molecule has 16 heavy (non-hydrogen) atoms. The van der Waals surface area contributed by atoms with Crippen molar-refractivity contribution in [3.05, 3.63) is 0 Å². The van der Waals surface area contributed by atoms with Crippen LogP contribution in [0, 0.1) is 17.8 Å². The van der Waals surface area contributed by atoms with Gasteiger partial charge in [-0.2, -0.15) is 0 Å². The molecule has 1 aliphatic carbocycles. The van der Waals surface area contributed by atoms with Crippen LogP contribution in [-0.4, -0.2) is 35.7 Å². The molecule has 0 aromatic heterocycles. The van der Waals surface area contributed by atoms with Gasteiger partial charge in [0.2, 0.25) is 0 Å².